The zero-order chi connectivity index (χ0) is 27.5. The lowest BCUT2D eigenvalue weighted by molar-refractivity contribution is -0.161. The molecule has 9 heteroatoms. The van der Waals surface area contributed by atoms with Gasteiger partial charge in [0.25, 0.3) is 0 Å². The third-order valence-electron chi connectivity index (χ3n) is 6.46. The summed E-state index contributed by atoms with van der Waals surface area (Å²) in [5, 5.41) is 0.705. The molecule has 0 aliphatic rings. The number of carbonyl (C=O) groups excluding carboxylic acids is 2. The Morgan fingerprint density at radius 2 is 1.28 bits per heavy atom. The van der Waals surface area contributed by atoms with Gasteiger partial charge in [0.2, 0.25) is 0 Å². The lowest BCUT2D eigenvalue weighted by atomic mass is 9.98. The molecule has 0 aromatic rings. The smallest absolute Gasteiger partial charge is 0.306 e. The average molecular weight is 585 g/mol. The zero-order valence-corrected chi connectivity index (χ0v) is 26.6. The highest BCUT2D eigenvalue weighted by Crippen LogP contribution is 2.24. The predicted octanol–water partition coefficient (Wildman–Crippen LogP) is 7.17. The van der Waals surface area contributed by atoms with Crippen LogP contribution in [-0.2, 0) is 23.8 Å². The Morgan fingerprint density at radius 3 is 1.78 bits per heavy atom. The standard InChI is InChI=1S/C27H52O5S4/c1-5-27(4,32-25(29)13-9-7-11-23(36)15-21-34)17-19-31-26(2,3)16-18-30-24(28)12-8-6-10-22(35)14-20-33/h22-23,33-36H,5-21H2,1-4H3. The normalized spacial score (nSPS) is 15.2. The van der Waals surface area contributed by atoms with Crippen LogP contribution < -0.4 is 0 Å². The molecule has 0 aliphatic carbocycles. The third-order valence-corrected chi connectivity index (χ3v) is 8.01. The summed E-state index contributed by atoms with van der Waals surface area (Å²) < 4.78 is 17.3. The minimum Gasteiger partial charge on any atom is -0.466 e. The molecule has 0 radical (unpaired) electrons. The summed E-state index contributed by atoms with van der Waals surface area (Å²) in [5.74, 6) is 1.37. The molecule has 0 amide bonds. The van der Waals surface area contributed by atoms with E-state index in [0.29, 0.717) is 49.4 Å². The number of hydrogen-bond donors (Lipinski definition) is 4. The molecule has 0 fully saturated rings. The van der Waals surface area contributed by atoms with E-state index >= 15 is 0 Å². The fourth-order valence-corrected chi connectivity index (χ4v) is 5.26. The first-order valence-electron chi connectivity index (χ1n) is 13.6. The molecule has 0 spiro atoms. The van der Waals surface area contributed by atoms with Crippen LogP contribution in [0.15, 0.2) is 0 Å². The van der Waals surface area contributed by atoms with Crippen LogP contribution in [0, 0.1) is 0 Å². The van der Waals surface area contributed by atoms with E-state index in [2.05, 4.69) is 50.5 Å². The van der Waals surface area contributed by atoms with Gasteiger partial charge in [-0.1, -0.05) is 19.8 Å². The maximum Gasteiger partial charge on any atom is 0.306 e. The molecule has 0 heterocycles. The lowest BCUT2D eigenvalue weighted by Crippen LogP contribution is -2.35. The van der Waals surface area contributed by atoms with E-state index in [9.17, 15) is 9.59 Å². The van der Waals surface area contributed by atoms with E-state index < -0.39 is 11.2 Å². The number of unbranched alkanes of at least 4 members (excludes halogenated alkanes) is 2. The van der Waals surface area contributed by atoms with Crippen molar-refractivity contribution >= 4 is 62.5 Å². The number of hydrogen-bond acceptors (Lipinski definition) is 9. The van der Waals surface area contributed by atoms with Crippen molar-refractivity contribution in [3.8, 4) is 0 Å². The summed E-state index contributed by atoms with van der Waals surface area (Å²) in [6, 6.07) is 0. The van der Waals surface area contributed by atoms with Crippen molar-refractivity contribution in [1.82, 2.24) is 0 Å². The highest BCUT2D eigenvalue weighted by Gasteiger charge is 2.28. The molecule has 0 rings (SSSR count). The molecule has 3 atom stereocenters. The van der Waals surface area contributed by atoms with Gasteiger partial charge in [-0.2, -0.15) is 50.5 Å². The van der Waals surface area contributed by atoms with E-state index in [0.717, 1.165) is 69.3 Å². The second kappa shape index (κ2) is 21.2. The number of ether oxygens (including phenoxy) is 3. The van der Waals surface area contributed by atoms with Crippen LogP contribution in [0.4, 0.5) is 0 Å². The molecule has 0 saturated carbocycles. The highest BCUT2D eigenvalue weighted by atomic mass is 32.1. The molecule has 0 bridgehead atoms. The monoisotopic (exact) mass is 584 g/mol. The van der Waals surface area contributed by atoms with Gasteiger partial charge in [0.1, 0.15) is 5.60 Å². The first-order valence-corrected chi connectivity index (χ1v) is 15.9. The van der Waals surface area contributed by atoms with Gasteiger partial charge in [-0.3, -0.25) is 9.59 Å². The largest absolute Gasteiger partial charge is 0.466 e. The van der Waals surface area contributed by atoms with Gasteiger partial charge in [-0.15, -0.1) is 0 Å². The van der Waals surface area contributed by atoms with Crippen LogP contribution in [0.5, 0.6) is 0 Å². The maximum atomic E-state index is 12.4. The van der Waals surface area contributed by atoms with Crippen molar-refractivity contribution in [2.75, 3.05) is 24.7 Å². The number of thiol groups is 4. The zero-order valence-electron chi connectivity index (χ0n) is 23.0. The molecule has 0 N–H and O–H groups in total. The molecular weight excluding hydrogens is 533 g/mol. The fourth-order valence-electron chi connectivity index (χ4n) is 3.61. The van der Waals surface area contributed by atoms with E-state index in [1.165, 1.54) is 0 Å². The summed E-state index contributed by atoms with van der Waals surface area (Å²) in [6.45, 7) is 8.79. The van der Waals surface area contributed by atoms with Crippen molar-refractivity contribution < 1.29 is 23.8 Å². The maximum absolute atomic E-state index is 12.4. The fraction of sp³-hybridized carbons (Fsp3) is 0.926. The van der Waals surface area contributed by atoms with Gasteiger partial charge < -0.3 is 14.2 Å². The summed E-state index contributed by atoms with van der Waals surface area (Å²) in [4.78, 5) is 24.4. The predicted molar refractivity (Wildman–Crippen MR) is 164 cm³/mol. The van der Waals surface area contributed by atoms with Gasteiger partial charge in [0.05, 0.1) is 18.8 Å². The second-order valence-corrected chi connectivity index (χ2v) is 12.8. The molecule has 0 saturated heterocycles. The van der Waals surface area contributed by atoms with Crippen LogP contribution in [0.25, 0.3) is 0 Å². The lowest BCUT2D eigenvalue weighted by Gasteiger charge is -2.31. The summed E-state index contributed by atoms with van der Waals surface area (Å²) in [7, 11) is 0. The van der Waals surface area contributed by atoms with Gasteiger partial charge >= 0.3 is 11.9 Å². The Kier molecular flexibility index (Phi) is 21.3. The molecule has 0 aliphatic heterocycles. The molecule has 36 heavy (non-hydrogen) atoms. The molecule has 0 aromatic heterocycles. The molecule has 214 valence electrons. The highest BCUT2D eigenvalue weighted by molar-refractivity contribution is 7.81. The van der Waals surface area contributed by atoms with Gasteiger partial charge in [-0.25, -0.2) is 0 Å². The third kappa shape index (κ3) is 20.3. The summed E-state index contributed by atoms with van der Waals surface area (Å²) >= 11 is 17.5. The van der Waals surface area contributed by atoms with Crippen LogP contribution >= 0.6 is 50.5 Å². The van der Waals surface area contributed by atoms with E-state index in [4.69, 9.17) is 14.2 Å². The first kappa shape index (κ1) is 36.3. The van der Waals surface area contributed by atoms with Gasteiger partial charge in [-0.05, 0) is 77.2 Å². The number of carbonyl (C=O) groups is 2. The number of rotatable bonds is 23. The summed E-state index contributed by atoms with van der Waals surface area (Å²) in [5.41, 5.74) is -0.974. The Bertz CT molecular complexity index is 591. The van der Waals surface area contributed by atoms with Crippen molar-refractivity contribution in [2.45, 2.75) is 133 Å². The van der Waals surface area contributed by atoms with E-state index in [1.807, 2.05) is 27.7 Å². The minimum atomic E-state index is -0.545. The Hall–Kier alpha value is 0.300. The molecule has 3 unspecified atom stereocenters. The Labute approximate surface area is 243 Å². The second-order valence-electron chi connectivity index (χ2n) is 10.4. The molecule has 0 aromatic carbocycles. The quantitative estimate of drug-likeness (QED) is 0.0583. The average Bonchev–Trinajstić information content (AvgIpc) is 2.79. The van der Waals surface area contributed by atoms with Crippen LogP contribution in [-0.4, -0.2) is 58.4 Å². The van der Waals surface area contributed by atoms with Crippen molar-refractivity contribution in [1.29, 1.82) is 0 Å². The summed E-state index contributed by atoms with van der Waals surface area (Å²) in [6.07, 6.45) is 10.4. The van der Waals surface area contributed by atoms with Gasteiger partial charge in [0.15, 0.2) is 0 Å². The Balaban J connectivity index is 4.13. The minimum absolute atomic E-state index is 0.151. The van der Waals surface area contributed by atoms with Crippen molar-refractivity contribution in [2.24, 2.45) is 0 Å². The van der Waals surface area contributed by atoms with E-state index in [-0.39, 0.29) is 11.9 Å². The SMILES string of the molecule is CCC(C)(CCOC(C)(C)CCOC(=O)CCCCC(S)CCS)OC(=O)CCCCC(S)CCS. The van der Waals surface area contributed by atoms with E-state index in [1.54, 1.807) is 0 Å². The van der Waals surface area contributed by atoms with Crippen LogP contribution in [0.1, 0.15) is 111 Å². The van der Waals surface area contributed by atoms with Gasteiger partial charge in [0, 0.05) is 36.2 Å². The Morgan fingerprint density at radius 1 is 0.750 bits per heavy atom. The molecular formula is C27H52O5S4. The van der Waals surface area contributed by atoms with Crippen LogP contribution in [0.2, 0.25) is 0 Å². The van der Waals surface area contributed by atoms with Crippen molar-refractivity contribution in [3.05, 3.63) is 0 Å². The topological polar surface area (TPSA) is 61.8 Å². The van der Waals surface area contributed by atoms with Crippen molar-refractivity contribution in [3.63, 3.8) is 0 Å². The number of esters is 2. The molecule has 5 nitrogen and oxygen atoms in total. The first-order chi connectivity index (χ1) is 17.0. The van der Waals surface area contributed by atoms with Crippen LogP contribution in [0.3, 0.4) is 0 Å².